The number of nitrogens with one attached hydrogen (secondary N) is 1. The van der Waals surface area contributed by atoms with E-state index in [2.05, 4.69) is 5.32 Å². The van der Waals surface area contributed by atoms with Crippen LogP contribution in [0.15, 0.2) is 0 Å². The highest BCUT2D eigenvalue weighted by Crippen LogP contribution is 2.28. The van der Waals surface area contributed by atoms with Crippen LogP contribution in [-0.4, -0.2) is 64.4 Å². The molecule has 0 saturated heterocycles. The number of likely N-dealkylation sites (N-methyl/N-ethyl adjacent to an activating group) is 1. The summed E-state index contributed by atoms with van der Waals surface area (Å²) in [7, 11) is 3.45. The molecule has 1 saturated carbocycles. The van der Waals surface area contributed by atoms with Gasteiger partial charge in [-0.05, 0) is 18.8 Å². The Balaban J connectivity index is 0.00000289. The summed E-state index contributed by atoms with van der Waals surface area (Å²) in [5, 5.41) is 3.03. The molecule has 0 spiro atoms. The van der Waals surface area contributed by atoms with Gasteiger partial charge in [-0.2, -0.15) is 0 Å². The van der Waals surface area contributed by atoms with Crippen molar-refractivity contribution in [3.05, 3.63) is 0 Å². The van der Waals surface area contributed by atoms with E-state index >= 15 is 0 Å². The lowest BCUT2D eigenvalue weighted by atomic mass is 10.4. The molecule has 1 rings (SSSR count). The number of ether oxygens (including phenoxy) is 2. The van der Waals surface area contributed by atoms with Crippen LogP contribution in [0.3, 0.4) is 0 Å². The maximum atomic E-state index is 11.6. The molecule has 0 aliphatic heterocycles. The van der Waals surface area contributed by atoms with E-state index in [0.717, 1.165) is 12.5 Å². The third-order valence-electron chi connectivity index (χ3n) is 2.81. The summed E-state index contributed by atoms with van der Waals surface area (Å²) in [6, 6.07) is 0. The van der Waals surface area contributed by atoms with Crippen LogP contribution in [0.1, 0.15) is 12.8 Å². The van der Waals surface area contributed by atoms with Gasteiger partial charge >= 0.3 is 0 Å². The molecule has 1 fully saturated rings. The van der Waals surface area contributed by atoms with Crippen LogP contribution in [0.4, 0.5) is 0 Å². The highest BCUT2D eigenvalue weighted by molar-refractivity contribution is 5.85. The van der Waals surface area contributed by atoms with Crippen molar-refractivity contribution in [1.82, 2.24) is 10.2 Å². The average molecular weight is 281 g/mol. The molecule has 0 aromatic carbocycles. The molecule has 0 unspecified atom stereocenters. The van der Waals surface area contributed by atoms with Gasteiger partial charge in [0.05, 0.1) is 19.8 Å². The van der Waals surface area contributed by atoms with Gasteiger partial charge in [-0.15, -0.1) is 12.4 Å². The van der Waals surface area contributed by atoms with Crippen molar-refractivity contribution in [1.29, 1.82) is 0 Å². The second-order valence-electron chi connectivity index (χ2n) is 4.50. The van der Waals surface area contributed by atoms with Gasteiger partial charge in [-0.3, -0.25) is 4.79 Å². The van der Waals surface area contributed by atoms with Crippen LogP contribution in [0.25, 0.3) is 0 Å². The fraction of sp³-hybridized carbons (Fsp3) is 0.917. The number of amides is 1. The standard InChI is InChI=1S/C12H24N2O3.ClH/c1-14(6-8-17-10-11-3-4-11)12(15)9-13-5-7-16-2;/h11,13H,3-10H2,1-2H3;1H. The molecule has 0 bridgehead atoms. The molecule has 1 amide bonds. The smallest absolute Gasteiger partial charge is 0.236 e. The lowest BCUT2D eigenvalue weighted by Gasteiger charge is -2.17. The molecular weight excluding hydrogens is 256 g/mol. The molecule has 0 aromatic heterocycles. The Morgan fingerprint density at radius 2 is 2.11 bits per heavy atom. The second-order valence-corrected chi connectivity index (χ2v) is 4.50. The fourth-order valence-electron chi connectivity index (χ4n) is 1.37. The molecule has 0 atom stereocenters. The van der Waals surface area contributed by atoms with Crippen molar-refractivity contribution in [2.24, 2.45) is 5.92 Å². The molecule has 108 valence electrons. The molecule has 0 radical (unpaired) electrons. The first kappa shape index (κ1) is 17.6. The molecule has 1 aliphatic rings. The maximum absolute atomic E-state index is 11.6. The molecule has 18 heavy (non-hydrogen) atoms. The Kier molecular flexibility index (Phi) is 10.3. The van der Waals surface area contributed by atoms with Crippen LogP contribution in [-0.2, 0) is 14.3 Å². The summed E-state index contributed by atoms with van der Waals surface area (Å²) in [6.45, 7) is 3.85. The second kappa shape index (κ2) is 10.6. The number of halogens is 1. The van der Waals surface area contributed by atoms with Crippen molar-refractivity contribution in [3.63, 3.8) is 0 Å². The monoisotopic (exact) mass is 280 g/mol. The van der Waals surface area contributed by atoms with E-state index in [4.69, 9.17) is 9.47 Å². The Morgan fingerprint density at radius 3 is 2.72 bits per heavy atom. The van der Waals surface area contributed by atoms with Gasteiger partial charge in [0, 0.05) is 33.9 Å². The topological polar surface area (TPSA) is 50.8 Å². The SMILES string of the molecule is COCCNCC(=O)N(C)CCOCC1CC1.Cl. The third-order valence-corrected chi connectivity index (χ3v) is 2.81. The predicted molar refractivity (Wildman–Crippen MR) is 73.2 cm³/mol. The fourth-order valence-corrected chi connectivity index (χ4v) is 1.37. The summed E-state index contributed by atoms with van der Waals surface area (Å²) in [5.74, 6) is 0.878. The maximum Gasteiger partial charge on any atom is 0.236 e. The molecule has 1 N–H and O–H groups in total. The first-order chi connectivity index (χ1) is 8.24. The Bertz CT molecular complexity index is 225. The van der Waals surface area contributed by atoms with Crippen LogP contribution < -0.4 is 5.32 Å². The van der Waals surface area contributed by atoms with E-state index in [1.54, 1.807) is 19.1 Å². The van der Waals surface area contributed by atoms with Crippen LogP contribution >= 0.6 is 12.4 Å². The largest absolute Gasteiger partial charge is 0.383 e. The van der Waals surface area contributed by atoms with Crippen molar-refractivity contribution in [2.45, 2.75) is 12.8 Å². The molecule has 1 aliphatic carbocycles. The lowest BCUT2D eigenvalue weighted by Crippen LogP contribution is -2.38. The van der Waals surface area contributed by atoms with E-state index in [9.17, 15) is 4.79 Å². The summed E-state index contributed by atoms with van der Waals surface area (Å²) in [5.41, 5.74) is 0. The Morgan fingerprint density at radius 1 is 1.39 bits per heavy atom. The zero-order chi connectivity index (χ0) is 12.5. The lowest BCUT2D eigenvalue weighted by molar-refractivity contribution is -0.129. The highest BCUT2D eigenvalue weighted by Gasteiger charge is 2.21. The minimum atomic E-state index is 0. The van der Waals surface area contributed by atoms with Crippen LogP contribution in [0, 0.1) is 5.92 Å². The van der Waals surface area contributed by atoms with Crippen LogP contribution in [0.2, 0.25) is 0 Å². The summed E-state index contributed by atoms with van der Waals surface area (Å²) in [6.07, 6.45) is 2.61. The predicted octanol–water partition coefficient (Wildman–Crippen LogP) is 0.529. The van der Waals surface area contributed by atoms with Crippen molar-refractivity contribution < 1.29 is 14.3 Å². The Labute approximate surface area is 116 Å². The number of carbonyl (C=O) groups is 1. The number of hydrogen-bond acceptors (Lipinski definition) is 4. The third kappa shape index (κ3) is 8.69. The van der Waals surface area contributed by atoms with Crippen molar-refractivity contribution >= 4 is 18.3 Å². The molecule has 0 aromatic rings. The minimum Gasteiger partial charge on any atom is -0.383 e. The van der Waals surface area contributed by atoms with Gasteiger partial charge in [-0.25, -0.2) is 0 Å². The number of methoxy groups -OCH3 is 1. The van der Waals surface area contributed by atoms with E-state index in [-0.39, 0.29) is 18.3 Å². The van der Waals surface area contributed by atoms with Gasteiger partial charge in [0.2, 0.25) is 5.91 Å². The number of hydrogen-bond donors (Lipinski definition) is 1. The Hall–Kier alpha value is -0.360. The normalized spacial score (nSPS) is 14.1. The number of rotatable bonds is 10. The summed E-state index contributed by atoms with van der Waals surface area (Å²) >= 11 is 0. The van der Waals surface area contributed by atoms with Crippen LogP contribution in [0.5, 0.6) is 0 Å². The quantitative estimate of drug-likeness (QED) is 0.593. The van der Waals surface area contributed by atoms with Gasteiger partial charge in [0.25, 0.3) is 0 Å². The van der Waals surface area contributed by atoms with Gasteiger partial charge < -0.3 is 19.7 Å². The molecule has 5 nitrogen and oxygen atoms in total. The van der Waals surface area contributed by atoms with E-state index < -0.39 is 0 Å². The van der Waals surface area contributed by atoms with Gasteiger partial charge in [0.1, 0.15) is 0 Å². The highest BCUT2D eigenvalue weighted by atomic mass is 35.5. The van der Waals surface area contributed by atoms with E-state index in [1.807, 2.05) is 0 Å². The number of carbonyl (C=O) groups excluding carboxylic acids is 1. The van der Waals surface area contributed by atoms with Crippen molar-refractivity contribution in [2.75, 3.05) is 53.6 Å². The van der Waals surface area contributed by atoms with Gasteiger partial charge in [-0.1, -0.05) is 0 Å². The van der Waals surface area contributed by atoms with Gasteiger partial charge in [0.15, 0.2) is 0 Å². The molecular formula is C12H25ClN2O3. The summed E-state index contributed by atoms with van der Waals surface area (Å²) in [4.78, 5) is 13.3. The summed E-state index contributed by atoms with van der Waals surface area (Å²) < 4.78 is 10.4. The zero-order valence-corrected chi connectivity index (χ0v) is 12.1. The van der Waals surface area contributed by atoms with E-state index in [0.29, 0.717) is 32.8 Å². The first-order valence-corrected chi connectivity index (χ1v) is 6.25. The first-order valence-electron chi connectivity index (χ1n) is 6.25. The van der Waals surface area contributed by atoms with E-state index in [1.165, 1.54) is 12.8 Å². The zero-order valence-electron chi connectivity index (χ0n) is 11.3. The number of nitrogens with zero attached hydrogens (tertiary/aromatic N) is 1. The minimum absolute atomic E-state index is 0. The molecule has 6 heteroatoms. The average Bonchev–Trinajstić information content (AvgIpc) is 3.13. The molecule has 0 heterocycles. The van der Waals surface area contributed by atoms with Crippen molar-refractivity contribution in [3.8, 4) is 0 Å².